The average Bonchev–Trinajstić information content (AvgIpc) is 2.96. The fraction of sp³-hybridized carbons (Fsp3) is 0.667. The topological polar surface area (TPSA) is 75.1 Å². The first-order valence-corrected chi connectivity index (χ1v) is 4.93. The van der Waals surface area contributed by atoms with Crippen LogP contribution in [0, 0.1) is 5.41 Å². The van der Waals surface area contributed by atoms with Gasteiger partial charge in [0, 0.05) is 24.4 Å². The molecule has 5 nitrogen and oxygen atoms in total. The number of fused-ring (bicyclic) bond motifs is 1. The highest BCUT2D eigenvalue weighted by Gasteiger charge is 2.43. The Morgan fingerprint density at radius 3 is 3.14 bits per heavy atom. The summed E-state index contributed by atoms with van der Waals surface area (Å²) in [7, 11) is 0. The molecule has 3 N–H and O–H groups in total. The molecule has 3 aliphatic rings. The number of nitrogens with two attached hydrogens (primary N) is 1. The Morgan fingerprint density at radius 1 is 1.50 bits per heavy atom. The van der Waals surface area contributed by atoms with Gasteiger partial charge in [0.05, 0.1) is 0 Å². The Balaban J connectivity index is 1.86. The van der Waals surface area contributed by atoms with E-state index in [1.165, 1.54) is 12.8 Å². The van der Waals surface area contributed by atoms with E-state index in [0.717, 1.165) is 6.54 Å². The number of aliphatic imine (C=N–C) groups is 3. The first-order chi connectivity index (χ1) is 6.77. The van der Waals surface area contributed by atoms with Gasteiger partial charge in [-0.2, -0.15) is 0 Å². The lowest BCUT2D eigenvalue weighted by molar-refractivity contribution is 0.485. The quantitative estimate of drug-likeness (QED) is 0.543. The Labute approximate surface area is 82.2 Å². The molecular formula is C9H13N5. The summed E-state index contributed by atoms with van der Waals surface area (Å²) < 4.78 is 0. The predicted octanol–water partition coefficient (Wildman–Crippen LogP) is -0.466. The molecule has 1 fully saturated rings. The number of nitrogens with one attached hydrogen (secondary N) is 1. The average molecular weight is 191 g/mol. The van der Waals surface area contributed by atoms with Crippen molar-refractivity contribution in [3.63, 3.8) is 0 Å². The maximum atomic E-state index is 5.54. The molecule has 0 bridgehead atoms. The lowest BCUT2D eigenvalue weighted by Crippen LogP contribution is -2.42. The lowest BCUT2D eigenvalue weighted by atomic mass is 10.1. The third-order valence-electron chi connectivity index (χ3n) is 3.03. The van der Waals surface area contributed by atoms with Crippen molar-refractivity contribution in [2.75, 3.05) is 6.54 Å². The minimum atomic E-state index is -0.0104. The summed E-state index contributed by atoms with van der Waals surface area (Å²) in [6.45, 7) is 0.961. The number of hydrogen-bond donors (Lipinski definition) is 2. The summed E-state index contributed by atoms with van der Waals surface area (Å²) in [5, 5.41) is 3.38. The van der Waals surface area contributed by atoms with E-state index in [-0.39, 0.29) is 12.2 Å². The van der Waals surface area contributed by atoms with Gasteiger partial charge in [0.15, 0.2) is 0 Å². The van der Waals surface area contributed by atoms with Gasteiger partial charge in [-0.05, 0) is 12.8 Å². The van der Waals surface area contributed by atoms with Crippen LogP contribution in [0.1, 0.15) is 12.8 Å². The van der Waals surface area contributed by atoms with Crippen LogP contribution in [0.2, 0.25) is 0 Å². The standard InChI is InChI=1S/C9H13N5/c10-8-11-3-6-7(14-8)13-5-9(1-2-9)4-12-6/h3-4,6-7,13H,1-2,5H2,(H2,10,14). The van der Waals surface area contributed by atoms with Crippen LogP contribution in [0.4, 0.5) is 0 Å². The summed E-state index contributed by atoms with van der Waals surface area (Å²) >= 11 is 0. The van der Waals surface area contributed by atoms with Crippen molar-refractivity contribution in [1.29, 1.82) is 0 Å². The van der Waals surface area contributed by atoms with Crippen molar-refractivity contribution in [3.05, 3.63) is 0 Å². The summed E-state index contributed by atoms with van der Waals surface area (Å²) in [4.78, 5) is 12.7. The van der Waals surface area contributed by atoms with Gasteiger partial charge in [-0.25, -0.2) is 9.98 Å². The monoisotopic (exact) mass is 191 g/mol. The van der Waals surface area contributed by atoms with Gasteiger partial charge in [0.25, 0.3) is 0 Å². The molecule has 2 unspecified atom stereocenters. The molecule has 1 aliphatic carbocycles. The highest BCUT2D eigenvalue weighted by molar-refractivity contribution is 5.91. The molecule has 5 heteroatoms. The van der Waals surface area contributed by atoms with Crippen molar-refractivity contribution in [2.45, 2.75) is 25.0 Å². The molecule has 14 heavy (non-hydrogen) atoms. The van der Waals surface area contributed by atoms with Gasteiger partial charge in [-0.3, -0.25) is 10.3 Å². The third-order valence-corrected chi connectivity index (χ3v) is 3.03. The van der Waals surface area contributed by atoms with E-state index in [0.29, 0.717) is 11.4 Å². The summed E-state index contributed by atoms with van der Waals surface area (Å²) in [6, 6.07) is 0.0299. The zero-order valence-electron chi connectivity index (χ0n) is 7.85. The number of rotatable bonds is 0. The maximum absolute atomic E-state index is 5.54. The van der Waals surface area contributed by atoms with Crippen LogP contribution in [-0.4, -0.2) is 37.1 Å². The van der Waals surface area contributed by atoms with E-state index in [1.807, 2.05) is 0 Å². The molecular weight excluding hydrogens is 178 g/mol. The van der Waals surface area contributed by atoms with E-state index >= 15 is 0 Å². The van der Waals surface area contributed by atoms with Crippen molar-refractivity contribution >= 4 is 18.4 Å². The first-order valence-electron chi connectivity index (χ1n) is 4.93. The number of hydrogen-bond acceptors (Lipinski definition) is 5. The van der Waals surface area contributed by atoms with Crippen LogP contribution in [0.25, 0.3) is 0 Å². The molecule has 74 valence electrons. The Morgan fingerprint density at radius 2 is 2.36 bits per heavy atom. The van der Waals surface area contributed by atoms with Gasteiger partial charge >= 0.3 is 0 Å². The predicted molar refractivity (Wildman–Crippen MR) is 55.9 cm³/mol. The normalized spacial score (nSPS) is 37.6. The molecule has 3 rings (SSSR count). The number of nitrogens with zero attached hydrogens (tertiary/aromatic N) is 3. The van der Waals surface area contributed by atoms with Crippen LogP contribution in [0.3, 0.4) is 0 Å². The summed E-state index contributed by atoms with van der Waals surface area (Å²) in [6.07, 6.45) is 6.31. The van der Waals surface area contributed by atoms with Crippen LogP contribution in [0.5, 0.6) is 0 Å². The molecule has 2 heterocycles. The van der Waals surface area contributed by atoms with Crippen molar-refractivity contribution in [3.8, 4) is 0 Å². The Kier molecular flexibility index (Phi) is 1.53. The first kappa shape index (κ1) is 8.11. The SMILES string of the molecule is NC1=NC2NCC3(C=NC2C=N1)CC3. The minimum Gasteiger partial charge on any atom is -0.368 e. The highest BCUT2D eigenvalue weighted by Crippen LogP contribution is 2.44. The summed E-state index contributed by atoms with van der Waals surface area (Å²) in [5.74, 6) is 0.348. The van der Waals surface area contributed by atoms with Crippen molar-refractivity contribution in [2.24, 2.45) is 26.1 Å². The fourth-order valence-corrected chi connectivity index (χ4v) is 1.84. The molecule has 0 aromatic carbocycles. The fourth-order valence-electron chi connectivity index (χ4n) is 1.84. The van der Waals surface area contributed by atoms with Crippen LogP contribution in [0.15, 0.2) is 15.0 Å². The molecule has 1 saturated carbocycles. The van der Waals surface area contributed by atoms with Crippen molar-refractivity contribution < 1.29 is 0 Å². The van der Waals surface area contributed by atoms with E-state index in [2.05, 4.69) is 26.5 Å². The highest BCUT2D eigenvalue weighted by atomic mass is 15.2. The van der Waals surface area contributed by atoms with Gasteiger partial charge in [-0.15, -0.1) is 0 Å². The van der Waals surface area contributed by atoms with Gasteiger partial charge < -0.3 is 5.73 Å². The minimum absolute atomic E-state index is 0.0104. The van der Waals surface area contributed by atoms with Crippen LogP contribution in [-0.2, 0) is 0 Å². The third kappa shape index (κ3) is 1.24. The second kappa shape index (κ2) is 2.63. The van der Waals surface area contributed by atoms with Gasteiger partial charge in [0.2, 0.25) is 5.96 Å². The second-order valence-electron chi connectivity index (χ2n) is 4.22. The summed E-state index contributed by atoms with van der Waals surface area (Å²) in [5.41, 5.74) is 5.85. The van der Waals surface area contributed by atoms with E-state index < -0.39 is 0 Å². The maximum Gasteiger partial charge on any atom is 0.216 e. The van der Waals surface area contributed by atoms with E-state index in [9.17, 15) is 0 Å². The molecule has 2 atom stereocenters. The molecule has 0 saturated heterocycles. The molecule has 1 spiro atoms. The second-order valence-corrected chi connectivity index (χ2v) is 4.22. The van der Waals surface area contributed by atoms with Gasteiger partial charge in [0.1, 0.15) is 12.2 Å². The molecule has 0 amide bonds. The molecule has 0 aromatic rings. The smallest absolute Gasteiger partial charge is 0.216 e. The number of guanidine groups is 1. The van der Waals surface area contributed by atoms with E-state index in [1.54, 1.807) is 6.21 Å². The molecule has 2 aliphatic heterocycles. The largest absolute Gasteiger partial charge is 0.368 e. The van der Waals surface area contributed by atoms with Crippen LogP contribution >= 0.6 is 0 Å². The Hall–Kier alpha value is -1.23. The lowest BCUT2D eigenvalue weighted by Gasteiger charge is -2.19. The zero-order valence-corrected chi connectivity index (χ0v) is 7.85. The zero-order chi connectivity index (χ0) is 9.60. The Bertz CT molecular complexity index is 339. The van der Waals surface area contributed by atoms with Crippen molar-refractivity contribution in [1.82, 2.24) is 5.32 Å². The molecule has 0 radical (unpaired) electrons. The van der Waals surface area contributed by atoms with Gasteiger partial charge in [-0.1, -0.05) is 0 Å². The molecule has 0 aromatic heterocycles. The van der Waals surface area contributed by atoms with Crippen LogP contribution < -0.4 is 11.1 Å². The van der Waals surface area contributed by atoms with E-state index in [4.69, 9.17) is 5.73 Å².